The molecular formula is C6H10F2O3. The van der Waals surface area contributed by atoms with Gasteiger partial charge in [-0.3, -0.25) is 0 Å². The van der Waals surface area contributed by atoms with Crippen molar-refractivity contribution in [2.45, 2.75) is 37.8 Å². The molecule has 0 saturated carbocycles. The first-order valence-electron chi connectivity index (χ1n) is 3.39. The number of hydrogen-bond donors (Lipinski definition) is 2. The molecule has 3 atom stereocenters. The predicted molar refractivity (Wildman–Crippen MR) is 32.1 cm³/mol. The molecule has 5 heteroatoms. The van der Waals surface area contributed by atoms with Crippen LogP contribution in [0.1, 0.15) is 13.3 Å². The van der Waals surface area contributed by atoms with Gasteiger partial charge < -0.3 is 14.9 Å². The van der Waals surface area contributed by atoms with Crippen LogP contribution < -0.4 is 0 Å². The van der Waals surface area contributed by atoms with Crippen molar-refractivity contribution in [3.63, 3.8) is 0 Å². The fourth-order valence-corrected chi connectivity index (χ4v) is 1.04. The van der Waals surface area contributed by atoms with E-state index in [1.54, 1.807) is 6.92 Å². The lowest BCUT2D eigenvalue weighted by atomic mass is 10.1. The van der Waals surface area contributed by atoms with Crippen molar-refractivity contribution < 1.29 is 23.7 Å². The monoisotopic (exact) mass is 168 g/mol. The molecule has 0 radical (unpaired) electrons. The summed E-state index contributed by atoms with van der Waals surface area (Å²) >= 11 is 0. The predicted octanol–water partition coefficient (Wildman–Crippen LogP) is 0.110. The average molecular weight is 168 g/mol. The highest BCUT2D eigenvalue weighted by molar-refractivity contribution is 4.91. The molecule has 66 valence electrons. The van der Waals surface area contributed by atoms with Crippen LogP contribution in [0, 0.1) is 0 Å². The number of aliphatic hydroxyl groups excluding tert-OH is 2. The lowest BCUT2D eigenvalue weighted by molar-refractivity contribution is -0.198. The van der Waals surface area contributed by atoms with Gasteiger partial charge in [0.05, 0.1) is 6.10 Å². The molecule has 1 saturated heterocycles. The molecule has 0 aromatic heterocycles. The van der Waals surface area contributed by atoms with Crippen molar-refractivity contribution in [2.75, 3.05) is 0 Å². The zero-order valence-corrected chi connectivity index (χ0v) is 6.00. The zero-order chi connectivity index (χ0) is 8.65. The van der Waals surface area contributed by atoms with Gasteiger partial charge in [-0.1, -0.05) is 6.92 Å². The van der Waals surface area contributed by atoms with Crippen LogP contribution in [0.3, 0.4) is 0 Å². The standard InChI is InChI=1S/C6H10F2O3/c1-2-3-4(9)6(7,8)5(10)11-3/h3-5,9-10H,2H2,1H3/t3-,4-,5?/m1/s1. The molecule has 1 fully saturated rings. The maximum Gasteiger partial charge on any atom is 0.325 e. The van der Waals surface area contributed by atoms with Gasteiger partial charge in [0.15, 0.2) is 0 Å². The van der Waals surface area contributed by atoms with Gasteiger partial charge in [-0.05, 0) is 6.42 Å². The van der Waals surface area contributed by atoms with Crippen LogP contribution in [0.2, 0.25) is 0 Å². The maximum absolute atomic E-state index is 12.5. The first kappa shape index (κ1) is 8.83. The minimum absolute atomic E-state index is 0.258. The van der Waals surface area contributed by atoms with E-state index >= 15 is 0 Å². The minimum atomic E-state index is -3.53. The number of aliphatic hydroxyl groups is 2. The van der Waals surface area contributed by atoms with Crippen LogP contribution in [-0.4, -0.2) is 34.6 Å². The van der Waals surface area contributed by atoms with Gasteiger partial charge in [-0.25, -0.2) is 0 Å². The van der Waals surface area contributed by atoms with Crippen LogP contribution in [0.5, 0.6) is 0 Å². The third-order valence-electron chi connectivity index (χ3n) is 1.78. The summed E-state index contributed by atoms with van der Waals surface area (Å²) in [6, 6.07) is 0. The number of hydrogen-bond acceptors (Lipinski definition) is 3. The Hall–Kier alpha value is -0.260. The van der Waals surface area contributed by atoms with Crippen LogP contribution in [0.15, 0.2) is 0 Å². The van der Waals surface area contributed by atoms with Crippen LogP contribution in [0.25, 0.3) is 0 Å². The molecular weight excluding hydrogens is 158 g/mol. The van der Waals surface area contributed by atoms with E-state index in [0.717, 1.165) is 0 Å². The van der Waals surface area contributed by atoms with E-state index in [-0.39, 0.29) is 6.42 Å². The number of rotatable bonds is 1. The third kappa shape index (κ3) is 1.23. The van der Waals surface area contributed by atoms with E-state index in [2.05, 4.69) is 4.74 Å². The lowest BCUT2D eigenvalue weighted by Gasteiger charge is -2.15. The van der Waals surface area contributed by atoms with Gasteiger partial charge in [0.2, 0.25) is 6.29 Å². The molecule has 2 N–H and O–H groups in total. The van der Waals surface area contributed by atoms with Crippen molar-refractivity contribution in [1.29, 1.82) is 0 Å². The third-order valence-corrected chi connectivity index (χ3v) is 1.78. The molecule has 1 aliphatic heterocycles. The second-order valence-corrected chi connectivity index (χ2v) is 2.55. The van der Waals surface area contributed by atoms with Crippen molar-refractivity contribution >= 4 is 0 Å². The Morgan fingerprint density at radius 1 is 1.45 bits per heavy atom. The fourth-order valence-electron chi connectivity index (χ4n) is 1.04. The highest BCUT2D eigenvalue weighted by Crippen LogP contribution is 2.35. The van der Waals surface area contributed by atoms with Gasteiger partial charge in [0.1, 0.15) is 6.10 Å². The Labute approximate surface area is 62.6 Å². The molecule has 0 aliphatic carbocycles. The number of ether oxygens (including phenoxy) is 1. The first-order chi connectivity index (χ1) is 5.00. The summed E-state index contributed by atoms with van der Waals surface area (Å²) in [7, 11) is 0. The summed E-state index contributed by atoms with van der Waals surface area (Å²) in [4.78, 5) is 0. The molecule has 0 amide bonds. The summed E-state index contributed by atoms with van der Waals surface area (Å²) in [5.41, 5.74) is 0. The molecule has 1 rings (SSSR count). The van der Waals surface area contributed by atoms with Crippen molar-refractivity contribution in [1.82, 2.24) is 0 Å². The molecule has 3 nitrogen and oxygen atoms in total. The summed E-state index contributed by atoms with van der Waals surface area (Å²) in [5.74, 6) is -3.53. The first-order valence-corrected chi connectivity index (χ1v) is 3.39. The Balaban J connectivity index is 2.71. The molecule has 0 spiro atoms. The molecule has 0 aromatic carbocycles. The van der Waals surface area contributed by atoms with E-state index in [1.807, 2.05) is 0 Å². The van der Waals surface area contributed by atoms with Gasteiger partial charge >= 0.3 is 5.92 Å². The van der Waals surface area contributed by atoms with E-state index < -0.39 is 24.4 Å². The second-order valence-electron chi connectivity index (χ2n) is 2.55. The van der Waals surface area contributed by atoms with Crippen molar-refractivity contribution in [2.24, 2.45) is 0 Å². The summed E-state index contributed by atoms with van der Waals surface area (Å²) in [6.45, 7) is 1.60. The maximum atomic E-state index is 12.5. The molecule has 1 aliphatic rings. The fraction of sp³-hybridized carbons (Fsp3) is 1.00. The Bertz CT molecular complexity index is 151. The zero-order valence-electron chi connectivity index (χ0n) is 6.00. The summed E-state index contributed by atoms with van der Waals surface area (Å²) < 4.78 is 29.5. The van der Waals surface area contributed by atoms with E-state index in [0.29, 0.717) is 0 Å². The number of halogens is 2. The highest BCUT2D eigenvalue weighted by atomic mass is 19.3. The summed E-state index contributed by atoms with van der Waals surface area (Å²) in [6.07, 6.45) is -4.75. The molecule has 1 heterocycles. The quantitative estimate of drug-likeness (QED) is 0.584. The van der Waals surface area contributed by atoms with Crippen molar-refractivity contribution in [3.8, 4) is 0 Å². The molecule has 1 unspecified atom stereocenters. The number of alkyl halides is 2. The Morgan fingerprint density at radius 2 is 2.00 bits per heavy atom. The normalized spacial score (nSPS) is 42.8. The second kappa shape index (κ2) is 2.66. The average Bonchev–Trinajstić information content (AvgIpc) is 2.14. The lowest BCUT2D eigenvalue weighted by Crippen LogP contribution is -2.39. The van der Waals surface area contributed by atoms with Gasteiger partial charge in [-0.15, -0.1) is 0 Å². The smallest absolute Gasteiger partial charge is 0.325 e. The minimum Gasteiger partial charge on any atom is -0.384 e. The van der Waals surface area contributed by atoms with E-state index in [9.17, 15) is 8.78 Å². The van der Waals surface area contributed by atoms with Crippen LogP contribution in [0.4, 0.5) is 8.78 Å². The SMILES string of the molecule is CC[C@H]1OC(O)C(F)(F)[C@@H]1O. The topological polar surface area (TPSA) is 49.7 Å². The van der Waals surface area contributed by atoms with Crippen molar-refractivity contribution in [3.05, 3.63) is 0 Å². The van der Waals surface area contributed by atoms with Crippen LogP contribution in [-0.2, 0) is 4.74 Å². The Morgan fingerprint density at radius 3 is 2.18 bits per heavy atom. The molecule has 0 aromatic rings. The van der Waals surface area contributed by atoms with E-state index in [4.69, 9.17) is 10.2 Å². The Kier molecular flexibility index (Phi) is 2.13. The van der Waals surface area contributed by atoms with Gasteiger partial charge in [-0.2, -0.15) is 8.78 Å². The van der Waals surface area contributed by atoms with Crippen LogP contribution >= 0.6 is 0 Å². The van der Waals surface area contributed by atoms with Gasteiger partial charge in [0, 0.05) is 0 Å². The largest absolute Gasteiger partial charge is 0.384 e. The highest BCUT2D eigenvalue weighted by Gasteiger charge is 2.57. The van der Waals surface area contributed by atoms with E-state index in [1.165, 1.54) is 0 Å². The van der Waals surface area contributed by atoms with Gasteiger partial charge in [0.25, 0.3) is 0 Å². The molecule has 0 bridgehead atoms. The molecule has 11 heavy (non-hydrogen) atoms. The summed E-state index contributed by atoms with van der Waals surface area (Å²) in [5, 5.41) is 17.4.